The number of carbonyl (C=O) groups excluding carboxylic acids is 2. The first-order valence-electron chi connectivity index (χ1n) is 7.64. The third-order valence-electron chi connectivity index (χ3n) is 5.29. The first-order chi connectivity index (χ1) is 9.38. The fraction of sp³-hybridized carbons (Fsp3) is 0.867. The summed E-state index contributed by atoms with van der Waals surface area (Å²) in [5.74, 6) is 0.544. The molecular weight excluding hydrogens is 256 g/mol. The molecule has 2 amide bonds. The van der Waals surface area contributed by atoms with Gasteiger partial charge >= 0.3 is 0 Å². The van der Waals surface area contributed by atoms with Crippen LogP contribution >= 0.6 is 0 Å². The van der Waals surface area contributed by atoms with Crippen LogP contribution in [-0.2, 0) is 9.59 Å². The molecule has 3 aliphatic rings. The number of hydrogen-bond acceptors (Lipinski definition) is 3. The Morgan fingerprint density at radius 2 is 2.15 bits per heavy atom. The molecule has 3 unspecified atom stereocenters. The minimum absolute atomic E-state index is 0.0255. The average Bonchev–Trinajstić information content (AvgIpc) is 3.13. The molecule has 3 fully saturated rings. The third-order valence-corrected chi connectivity index (χ3v) is 5.29. The number of carbonyl (C=O) groups is 2. The second-order valence-corrected chi connectivity index (χ2v) is 7.28. The van der Waals surface area contributed by atoms with E-state index < -0.39 is 0 Å². The van der Waals surface area contributed by atoms with Crippen LogP contribution < -0.4 is 5.32 Å². The van der Waals surface area contributed by atoms with Crippen LogP contribution in [0.2, 0.25) is 0 Å². The Kier molecular flexibility index (Phi) is 3.27. The molecule has 20 heavy (non-hydrogen) atoms. The molecule has 3 atom stereocenters. The lowest BCUT2D eigenvalue weighted by Gasteiger charge is -2.49. The van der Waals surface area contributed by atoms with Crippen molar-refractivity contribution >= 4 is 11.8 Å². The zero-order valence-electron chi connectivity index (χ0n) is 12.3. The maximum Gasteiger partial charge on any atom is 0.225 e. The molecule has 2 aliphatic carbocycles. The summed E-state index contributed by atoms with van der Waals surface area (Å²) in [7, 11) is 0. The van der Waals surface area contributed by atoms with Crippen LogP contribution in [0.4, 0.5) is 0 Å². The van der Waals surface area contributed by atoms with Gasteiger partial charge in [-0.25, -0.2) is 0 Å². The number of nitrogens with one attached hydrogen (secondary N) is 1. The molecule has 2 saturated carbocycles. The second-order valence-electron chi connectivity index (χ2n) is 7.28. The summed E-state index contributed by atoms with van der Waals surface area (Å²) in [6.07, 6.45) is 3.05. The van der Waals surface area contributed by atoms with Crippen molar-refractivity contribution in [3.8, 4) is 0 Å². The minimum atomic E-state index is -0.343. The summed E-state index contributed by atoms with van der Waals surface area (Å²) in [4.78, 5) is 26.0. The van der Waals surface area contributed by atoms with Crippen molar-refractivity contribution in [2.75, 3.05) is 13.1 Å². The van der Waals surface area contributed by atoms with E-state index in [1.165, 1.54) is 12.8 Å². The molecule has 0 aromatic heterocycles. The van der Waals surface area contributed by atoms with Crippen molar-refractivity contribution < 1.29 is 14.7 Å². The van der Waals surface area contributed by atoms with E-state index in [-0.39, 0.29) is 35.3 Å². The number of aliphatic hydroxyl groups excluding tert-OH is 1. The van der Waals surface area contributed by atoms with Gasteiger partial charge in [-0.2, -0.15) is 0 Å². The lowest BCUT2D eigenvalue weighted by atomic mass is 9.64. The predicted molar refractivity (Wildman–Crippen MR) is 73.7 cm³/mol. The van der Waals surface area contributed by atoms with E-state index in [1.54, 1.807) is 0 Å². The first kappa shape index (κ1) is 13.9. The Balaban J connectivity index is 1.52. The molecule has 112 valence electrons. The van der Waals surface area contributed by atoms with Gasteiger partial charge in [0.15, 0.2) is 0 Å². The molecule has 0 bridgehead atoms. The van der Waals surface area contributed by atoms with E-state index in [0.29, 0.717) is 25.3 Å². The van der Waals surface area contributed by atoms with E-state index in [1.807, 2.05) is 18.7 Å². The van der Waals surface area contributed by atoms with Gasteiger partial charge in [0.05, 0.1) is 12.0 Å². The molecule has 5 nitrogen and oxygen atoms in total. The van der Waals surface area contributed by atoms with Crippen molar-refractivity contribution in [1.29, 1.82) is 0 Å². The highest BCUT2D eigenvalue weighted by atomic mass is 16.3. The van der Waals surface area contributed by atoms with Crippen molar-refractivity contribution in [1.82, 2.24) is 10.2 Å². The van der Waals surface area contributed by atoms with Gasteiger partial charge in [-0.1, -0.05) is 13.8 Å². The molecule has 0 aromatic rings. The van der Waals surface area contributed by atoms with Gasteiger partial charge < -0.3 is 15.3 Å². The lowest BCUT2D eigenvalue weighted by molar-refractivity contribution is -0.133. The maximum absolute atomic E-state index is 12.3. The smallest absolute Gasteiger partial charge is 0.225 e. The Labute approximate surface area is 119 Å². The molecule has 1 saturated heterocycles. The Morgan fingerprint density at radius 1 is 1.45 bits per heavy atom. The van der Waals surface area contributed by atoms with Crippen LogP contribution in [0, 0.1) is 17.3 Å². The maximum atomic E-state index is 12.3. The van der Waals surface area contributed by atoms with Gasteiger partial charge in [-0.15, -0.1) is 0 Å². The number of aliphatic hydroxyl groups is 1. The van der Waals surface area contributed by atoms with Gasteiger partial charge in [0.2, 0.25) is 11.8 Å². The zero-order chi connectivity index (χ0) is 14.5. The standard InChI is InChI=1S/C15H24N2O3/c1-15(2)11(6-12(15)18)16-14(20)10-5-13(19)17(8-10)7-9-3-4-9/h9-12,18H,3-8H2,1-2H3,(H,16,20). The summed E-state index contributed by atoms with van der Waals surface area (Å²) in [6.45, 7) is 5.32. The van der Waals surface area contributed by atoms with Crippen LogP contribution in [0.3, 0.4) is 0 Å². The van der Waals surface area contributed by atoms with Crippen LogP contribution in [0.1, 0.15) is 39.5 Å². The van der Waals surface area contributed by atoms with Crippen LogP contribution in [0.5, 0.6) is 0 Å². The molecule has 5 heteroatoms. The highest BCUT2D eigenvalue weighted by Gasteiger charge is 2.49. The summed E-state index contributed by atoms with van der Waals surface area (Å²) in [5, 5.41) is 12.7. The Hall–Kier alpha value is -1.10. The van der Waals surface area contributed by atoms with E-state index in [9.17, 15) is 14.7 Å². The molecule has 0 radical (unpaired) electrons. The average molecular weight is 280 g/mol. The van der Waals surface area contributed by atoms with Gasteiger partial charge in [-0.05, 0) is 25.2 Å². The zero-order valence-corrected chi connectivity index (χ0v) is 12.3. The quantitative estimate of drug-likeness (QED) is 0.789. The topological polar surface area (TPSA) is 69.6 Å². The Bertz CT molecular complexity index is 431. The fourth-order valence-corrected chi connectivity index (χ4v) is 3.17. The summed E-state index contributed by atoms with van der Waals surface area (Å²) < 4.78 is 0. The number of nitrogens with zero attached hydrogens (tertiary/aromatic N) is 1. The molecule has 1 heterocycles. The predicted octanol–water partition coefficient (Wildman–Crippen LogP) is 0.520. The van der Waals surface area contributed by atoms with Crippen molar-refractivity contribution in [2.24, 2.45) is 17.3 Å². The normalized spacial score (nSPS) is 35.9. The lowest BCUT2D eigenvalue weighted by Crippen LogP contribution is -2.61. The first-order valence-corrected chi connectivity index (χ1v) is 7.64. The number of amides is 2. The summed E-state index contributed by atoms with van der Waals surface area (Å²) in [5.41, 5.74) is -0.258. The monoisotopic (exact) mass is 280 g/mol. The van der Waals surface area contributed by atoms with Gasteiger partial charge in [0.25, 0.3) is 0 Å². The molecule has 3 rings (SSSR count). The van der Waals surface area contributed by atoms with E-state index in [0.717, 1.165) is 6.54 Å². The Morgan fingerprint density at radius 3 is 2.70 bits per heavy atom. The van der Waals surface area contributed by atoms with Gasteiger partial charge in [-0.3, -0.25) is 9.59 Å². The largest absolute Gasteiger partial charge is 0.392 e. The molecule has 0 spiro atoms. The van der Waals surface area contributed by atoms with E-state index in [2.05, 4.69) is 5.32 Å². The summed E-state index contributed by atoms with van der Waals surface area (Å²) >= 11 is 0. The van der Waals surface area contributed by atoms with Gasteiger partial charge in [0, 0.05) is 31.0 Å². The molecule has 0 aromatic carbocycles. The van der Waals surface area contributed by atoms with Crippen molar-refractivity contribution in [2.45, 2.75) is 51.7 Å². The number of likely N-dealkylation sites (tertiary alicyclic amines) is 1. The van der Waals surface area contributed by atoms with Crippen molar-refractivity contribution in [3.05, 3.63) is 0 Å². The van der Waals surface area contributed by atoms with Crippen LogP contribution in [-0.4, -0.2) is 47.1 Å². The van der Waals surface area contributed by atoms with Crippen LogP contribution in [0.15, 0.2) is 0 Å². The molecular formula is C15H24N2O3. The van der Waals surface area contributed by atoms with E-state index >= 15 is 0 Å². The van der Waals surface area contributed by atoms with E-state index in [4.69, 9.17) is 0 Å². The summed E-state index contributed by atoms with van der Waals surface area (Å²) in [6, 6.07) is 0.0255. The number of hydrogen-bond donors (Lipinski definition) is 2. The van der Waals surface area contributed by atoms with Gasteiger partial charge in [0.1, 0.15) is 0 Å². The third kappa shape index (κ3) is 2.43. The minimum Gasteiger partial charge on any atom is -0.392 e. The van der Waals surface area contributed by atoms with Crippen molar-refractivity contribution in [3.63, 3.8) is 0 Å². The highest BCUT2D eigenvalue weighted by Crippen LogP contribution is 2.40. The molecule has 2 N–H and O–H groups in total. The van der Waals surface area contributed by atoms with Crippen LogP contribution in [0.25, 0.3) is 0 Å². The highest BCUT2D eigenvalue weighted by molar-refractivity contribution is 5.89. The second kappa shape index (κ2) is 4.72. The SMILES string of the molecule is CC1(C)C(O)CC1NC(=O)C1CC(=O)N(CC2CC2)C1. The molecule has 1 aliphatic heterocycles. The fourth-order valence-electron chi connectivity index (χ4n) is 3.17. The number of rotatable bonds is 4.